The fourth-order valence-corrected chi connectivity index (χ4v) is 3.42. The first-order chi connectivity index (χ1) is 11.6. The third-order valence-electron chi connectivity index (χ3n) is 3.87. The molecule has 6 nitrogen and oxygen atoms in total. The second-order valence-corrected chi connectivity index (χ2v) is 6.78. The van der Waals surface area contributed by atoms with Crippen LogP contribution in [0.5, 0.6) is 5.75 Å². The average molecular weight is 348 g/mol. The molecule has 24 heavy (non-hydrogen) atoms. The van der Waals surface area contributed by atoms with Gasteiger partial charge in [0.05, 0.1) is 18.9 Å². The molecule has 128 valence electrons. The minimum Gasteiger partial charge on any atom is -0.493 e. The van der Waals surface area contributed by atoms with E-state index in [9.17, 15) is 9.59 Å². The Balaban J connectivity index is 1.88. The summed E-state index contributed by atoms with van der Waals surface area (Å²) in [6.45, 7) is 4.36. The molecule has 1 N–H and O–H groups in total. The van der Waals surface area contributed by atoms with Gasteiger partial charge < -0.3 is 14.5 Å². The number of aryl methyl sites for hydroxylation is 1. The number of H-pyrrole nitrogens is 1. The first-order valence-corrected chi connectivity index (χ1v) is 8.91. The third kappa shape index (κ3) is 3.67. The van der Waals surface area contributed by atoms with E-state index in [1.165, 1.54) is 12.8 Å². The minimum atomic E-state index is -0.415. The molecular weight excluding hydrogens is 328 g/mol. The summed E-state index contributed by atoms with van der Waals surface area (Å²) in [7, 11) is 0. The molecule has 1 saturated carbocycles. The van der Waals surface area contributed by atoms with E-state index in [0.29, 0.717) is 40.1 Å². The molecule has 3 rings (SSSR count). The van der Waals surface area contributed by atoms with Crippen molar-refractivity contribution in [1.29, 1.82) is 0 Å². The predicted molar refractivity (Wildman–Crippen MR) is 91.7 cm³/mol. The van der Waals surface area contributed by atoms with Crippen molar-refractivity contribution < 1.29 is 14.3 Å². The largest absolute Gasteiger partial charge is 0.493 e. The van der Waals surface area contributed by atoms with Gasteiger partial charge in [0.1, 0.15) is 21.2 Å². The van der Waals surface area contributed by atoms with Crippen LogP contribution in [0.1, 0.15) is 41.6 Å². The summed E-state index contributed by atoms with van der Waals surface area (Å²) >= 11 is 1.16. The van der Waals surface area contributed by atoms with E-state index in [1.807, 2.05) is 0 Å². The Kier molecular flexibility index (Phi) is 4.99. The highest BCUT2D eigenvalue weighted by Gasteiger charge is 2.23. The maximum atomic E-state index is 12.3. The van der Waals surface area contributed by atoms with Crippen molar-refractivity contribution in [3.63, 3.8) is 0 Å². The second-order valence-electron chi connectivity index (χ2n) is 5.78. The first kappa shape index (κ1) is 16.7. The number of thiazole rings is 1. The number of nitrogens with one attached hydrogen (secondary N) is 1. The molecule has 0 spiro atoms. The van der Waals surface area contributed by atoms with Crippen molar-refractivity contribution in [2.45, 2.75) is 33.1 Å². The van der Waals surface area contributed by atoms with Gasteiger partial charge in [-0.25, -0.2) is 9.78 Å². The van der Waals surface area contributed by atoms with Crippen LogP contribution in [0, 0.1) is 12.8 Å². The van der Waals surface area contributed by atoms with Gasteiger partial charge in [-0.3, -0.25) is 4.79 Å². The van der Waals surface area contributed by atoms with Gasteiger partial charge in [0.2, 0.25) is 0 Å². The highest BCUT2D eigenvalue weighted by Crippen LogP contribution is 2.34. The minimum absolute atomic E-state index is 0.275. The maximum Gasteiger partial charge on any atom is 0.350 e. The van der Waals surface area contributed by atoms with Crippen LogP contribution in [0.4, 0.5) is 0 Å². The van der Waals surface area contributed by atoms with Crippen molar-refractivity contribution in [3.05, 3.63) is 33.2 Å². The number of pyridine rings is 1. The van der Waals surface area contributed by atoms with E-state index in [0.717, 1.165) is 23.7 Å². The van der Waals surface area contributed by atoms with Gasteiger partial charge in [-0.05, 0) is 32.3 Å². The Labute approximate surface area is 143 Å². The first-order valence-electron chi connectivity index (χ1n) is 8.09. The van der Waals surface area contributed by atoms with Crippen LogP contribution in [0.3, 0.4) is 0 Å². The predicted octanol–water partition coefficient (Wildman–Crippen LogP) is 3.16. The lowest BCUT2D eigenvalue weighted by Gasteiger charge is -2.08. The third-order valence-corrected chi connectivity index (χ3v) is 5.03. The number of carbonyl (C=O) groups excluding carboxylic acids is 1. The summed E-state index contributed by atoms with van der Waals surface area (Å²) in [4.78, 5) is 31.7. The molecule has 0 bridgehead atoms. The number of esters is 1. The molecule has 7 heteroatoms. The zero-order valence-corrected chi connectivity index (χ0v) is 14.6. The molecule has 0 amide bonds. The smallest absolute Gasteiger partial charge is 0.350 e. The van der Waals surface area contributed by atoms with Crippen LogP contribution in [0.2, 0.25) is 0 Å². The molecule has 0 radical (unpaired) electrons. The van der Waals surface area contributed by atoms with Crippen LogP contribution < -0.4 is 10.3 Å². The number of aromatic amines is 1. The molecule has 0 unspecified atom stereocenters. The molecule has 0 atom stereocenters. The lowest BCUT2D eigenvalue weighted by Crippen LogP contribution is -2.11. The van der Waals surface area contributed by atoms with E-state index in [1.54, 1.807) is 26.1 Å². The fraction of sp³-hybridized carbons (Fsp3) is 0.471. The average Bonchev–Trinajstić information content (AvgIpc) is 3.28. The SMILES string of the molecule is CCOC(=O)c1sc(-c2c(OCCC3CC3)cc[nH]c2=O)nc1C. The van der Waals surface area contributed by atoms with Crippen molar-refractivity contribution in [2.75, 3.05) is 13.2 Å². The number of nitrogens with zero attached hydrogens (tertiary/aromatic N) is 1. The summed E-state index contributed by atoms with van der Waals surface area (Å²) in [5, 5.41) is 0.471. The van der Waals surface area contributed by atoms with Crippen LogP contribution >= 0.6 is 11.3 Å². The molecule has 0 saturated heterocycles. The van der Waals surface area contributed by atoms with E-state index in [4.69, 9.17) is 9.47 Å². The van der Waals surface area contributed by atoms with E-state index in [2.05, 4.69) is 9.97 Å². The number of ether oxygens (including phenoxy) is 2. The number of carbonyl (C=O) groups is 1. The maximum absolute atomic E-state index is 12.3. The van der Waals surface area contributed by atoms with Gasteiger partial charge in [0, 0.05) is 6.20 Å². The molecule has 2 aromatic rings. The van der Waals surface area contributed by atoms with Gasteiger partial charge in [-0.1, -0.05) is 12.8 Å². The van der Waals surface area contributed by atoms with Gasteiger partial charge in [0.15, 0.2) is 0 Å². The molecule has 0 aromatic carbocycles. The van der Waals surface area contributed by atoms with Gasteiger partial charge >= 0.3 is 5.97 Å². The van der Waals surface area contributed by atoms with Crippen molar-refractivity contribution in [3.8, 4) is 16.3 Å². The molecule has 0 aliphatic heterocycles. The number of hydrogen-bond donors (Lipinski definition) is 1. The Bertz CT molecular complexity index is 792. The second kappa shape index (κ2) is 7.17. The Hall–Kier alpha value is -2.15. The van der Waals surface area contributed by atoms with Crippen LogP contribution in [0.15, 0.2) is 17.1 Å². The number of hydrogen-bond acceptors (Lipinski definition) is 6. The van der Waals surface area contributed by atoms with E-state index >= 15 is 0 Å². The topological polar surface area (TPSA) is 81.3 Å². The summed E-state index contributed by atoms with van der Waals surface area (Å²) in [6.07, 6.45) is 5.09. The Morgan fingerprint density at radius 3 is 2.96 bits per heavy atom. The van der Waals surface area contributed by atoms with Gasteiger partial charge in [-0.2, -0.15) is 0 Å². The highest BCUT2D eigenvalue weighted by molar-refractivity contribution is 7.17. The Morgan fingerprint density at radius 2 is 2.25 bits per heavy atom. The molecular formula is C17H20N2O4S. The summed E-state index contributed by atoms with van der Waals surface area (Å²) in [5.41, 5.74) is 0.653. The monoisotopic (exact) mass is 348 g/mol. The van der Waals surface area contributed by atoms with Gasteiger partial charge in [0.25, 0.3) is 5.56 Å². The fourth-order valence-electron chi connectivity index (χ4n) is 2.41. The van der Waals surface area contributed by atoms with Crippen molar-refractivity contribution in [1.82, 2.24) is 9.97 Å². The summed E-state index contributed by atoms with van der Waals surface area (Å²) in [5.74, 6) is 0.846. The molecule has 2 heterocycles. The number of aromatic nitrogens is 2. The van der Waals surface area contributed by atoms with Crippen molar-refractivity contribution in [2.24, 2.45) is 5.92 Å². The van der Waals surface area contributed by atoms with Gasteiger partial charge in [-0.15, -0.1) is 11.3 Å². The zero-order chi connectivity index (χ0) is 17.1. The lowest BCUT2D eigenvalue weighted by atomic mass is 10.2. The Morgan fingerprint density at radius 1 is 1.46 bits per heavy atom. The standard InChI is InChI=1S/C17H20N2O4S/c1-3-22-17(21)14-10(2)19-16(24-14)13-12(6-8-18-15(13)20)23-9-7-11-4-5-11/h6,8,11H,3-5,7,9H2,1-2H3,(H,18,20). The van der Waals surface area contributed by atoms with Crippen molar-refractivity contribution >= 4 is 17.3 Å². The van der Waals surface area contributed by atoms with E-state index in [-0.39, 0.29) is 5.56 Å². The van der Waals surface area contributed by atoms with E-state index < -0.39 is 5.97 Å². The van der Waals surface area contributed by atoms with Crippen LogP contribution in [-0.4, -0.2) is 29.2 Å². The molecule has 1 aliphatic carbocycles. The molecule has 2 aromatic heterocycles. The zero-order valence-electron chi connectivity index (χ0n) is 13.8. The molecule has 1 fully saturated rings. The summed E-state index contributed by atoms with van der Waals surface area (Å²) in [6, 6.07) is 1.73. The highest BCUT2D eigenvalue weighted by atomic mass is 32.1. The van der Waals surface area contributed by atoms with Crippen LogP contribution in [-0.2, 0) is 4.74 Å². The van der Waals surface area contributed by atoms with Crippen LogP contribution in [0.25, 0.3) is 10.6 Å². The number of rotatable bonds is 7. The lowest BCUT2D eigenvalue weighted by molar-refractivity contribution is 0.0531. The molecule has 1 aliphatic rings. The summed E-state index contributed by atoms with van der Waals surface area (Å²) < 4.78 is 10.8. The normalized spacial score (nSPS) is 13.8. The quantitative estimate of drug-likeness (QED) is 0.777.